The number of hydrogen-bond donors (Lipinski definition) is 2. The average Bonchev–Trinajstić information content (AvgIpc) is 2.58. The normalized spacial score (nSPS) is 13.1. The van der Waals surface area contributed by atoms with E-state index in [1.165, 1.54) is 11.3 Å². The summed E-state index contributed by atoms with van der Waals surface area (Å²) < 4.78 is 6.05. The number of nitrogens with one attached hydrogen (secondary N) is 1. The Balaban J connectivity index is 2.19. The third kappa shape index (κ3) is 5.37. The van der Waals surface area contributed by atoms with Gasteiger partial charge in [-0.3, -0.25) is 0 Å². The first kappa shape index (κ1) is 12.8. The third-order valence-corrected chi connectivity index (χ3v) is 2.82. The highest BCUT2D eigenvalue weighted by Crippen LogP contribution is 2.25. The van der Waals surface area contributed by atoms with Crippen LogP contribution < -0.4 is 10.1 Å². The maximum Gasteiger partial charge on any atom is 0.131 e. The predicted octanol–water partition coefficient (Wildman–Crippen LogP) is 2.14. The summed E-state index contributed by atoms with van der Waals surface area (Å²) >= 11 is 7.16. The van der Waals surface area contributed by atoms with Crippen LogP contribution in [0.3, 0.4) is 0 Å². The minimum atomic E-state index is -0.494. The van der Waals surface area contributed by atoms with Gasteiger partial charge in [0.25, 0.3) is 0 Å². The molecule has 0 radical (unpaired) electrons. The summed E-state index contributed by atoms with van der Waals surface area (Å²) in [5.41, 5.74) is 0. The van der Waals surface area contributed by atoms with Gasteiger partial charge in [-0.1, -0.05) is 25.4 Å². The molecule has 2 N–H and O–H groups in total. The first-order valence-electron chi connectivity index (χ1n) is 4.86. The molecule has 0 aliphatic heterocycles. The Hall–Kier alpha value is -0.290. The van der Waals surface area contributed by atoms with E-state index < -0.39 is 6.10 Å². The van der Waals surface area contributed by atoms with Crippen LogP contribution in [0.15, 0.2) is 11.4 Å². The van der Waals surface area contributed by atoms with Crippen molar-refractivity contribution in [3.05, 3.63) is 15.8 Å². The lowest BCUT2D eigenvalue weighted by Gasteiger charge is -2.14. The lowest BCUT2D eigenvalue weighted by Crippen LogP contribution is -2.35. The summed E-state index contributed by atoms with van der Waals surface area (Å²) in [4.78, 5) is 0. The topological polar surface area (TPSA) is 41.5 Å². The monoisotopic (exact) mass is 249 g/mol. The van der Waals surface area contributed by atoms with Gasteiger partial charge in [-0.2, -0.15) is 0 Å². The minimum absolute atomic E-state index is 0.285. The number of ether oxygens (including phenoxy) is 1. The van der Waals surface area contributed by atoms with Gasteiger partial charge in [-0.15, -0.1) is 11.3 Å². The number of rotatable bonds is 6. The number of aliphatic hydroxyl groups is 1. The van der Waals surface area contributed by atoms with Crippen molar-refractivity contribution in [2.75, 3.05) is 13.2 Å². The Morgan fingerprint density at radius 3 is 2.87 bits per heavy atom. The zero-order valence-corrected chi connectivity index (χ0v) is 10.4. The van der Waals surface area contributed by atoms with E-state index in [0.717, 1.165) is 0 Å². The highest BCUT2D eigenvalue weighted by molar-refractivity contribution is 7.14. The average molecular weight is 250 g/mol. The van der Waals surface area contributed by atoms with Crippen molar-refractivity contribution in [3.63, 3.8) is 0 Å². The predicted molar refractivity (Wildman–Crippen MR) is 64.0 cm³/mol. The van der Waals surface area contributed by atoms with E-state index >= 15 is 0 Å². The fourth-order valence-corrected chi connectivity index (χ4v) is 1.78. The summed E-state index contributed by atoms with van der Waals surface area (Å²) in [6.45, 7) is 4.89. The van der Waals surface area contributed by atoms with Crippen molar-refractivity contribution < 1.29 is 9.84 Å². The summed E-state index contributed by atoms with van der Waals surface area (Å²) in [6.07, 6.45) is -0.494. The van der Waals surface area contributed by atoms with Crippen LogP contribution in [0.4, 0.5) is 0 Å². The quantitative estimate of drug-likeness (QED) is 0.812. The first-order chi connectivity index (χ1) is 7.08. The Kier molecular flexibility index (Phi) is 5.39. The SMILES string of the molecule is CC(C)NC[C@@H](O)COc1csc(Cl)c1. The van der Waals surface area contributed by atoms with E-state index in [0.29, 0.717) is 22.7 Å². The molecule has 1 heterocycles. The molecule has 0 saturated heterocycles. The summed E-state index contributed by atoms with van der Waals surface area (Å²) in [5, 5.41) is 14.5. The summed E-state index contributed by atoms with van der Waals surface area (Å²) in [6, 6.07) is 2.12. The Bertz CT molecular complexity index is 291. The molecular formula is C10H16ClNO2S. The number of halogens is 1. The molecule has 3 nitrogen and oxygen atoms in total. The zero-order chi connectivity index (χ0) is 11.3. The van der Waals surface area contributed by atoms with Gasteiger partial charge in [0.05, 0.1) is 4.34 Å². The van der Waals surface area contributed by atoms with Crippen molar-refractivity contribution in [1.82, 2.24) is 5.32 Å². The van der Waals surface area contributed by atoms with Crippen LogP contribution in [-0.2, 0) is 0 Å². The molecule has 1 atom stereocenters. The molecular weight excluding hydrogens is 234 g/mol. The molecule has 1 aromatic heterocycles. The standard InChI is InChI=1S/C10H16ClNO2S/c1-7(2)12-4-8(13)5-14-9-3-10(11)15-6-9/h3,6-8,12-13H,4-5H2,1-2H3/t8-/m1/s1. The van der Waals surface area contributed by atoms with Crippen LogP contribution in [0, 0.1) is 0 Å². The van der Waals surface area contributed by atoms with Gasteiger partial charge >= 0.3 is 0 Å². The molecule has 15 heavy (non-hydrogen) atoms. The minimum Gasteiger partial charge on any atom is -0.490 e. The zero-order valence-electron chi connectivity index (χ0n) is 8.87. The first-order valence-corrected chi connectivity index (χ1v) is 6.12. The van der Waals surface area contributed by atoms with Gasteiger partial charge in [0.2, 0.25) is 0 Å². The lowest BCUT2D eigenvalue weighted by molar-refractivity contribution is 0.105. The van der Waals surface area contributed by atoms with Crippen LogP contribution in [-0.4, -0.2) is 30.4 Å². The number of thiophene rings is 1. The molecule has 0 fully saturated rings. The van der Waals surface area contributed by atoms with E-state index in [1.807, 2.05) is 19.2 Å². The van der Waals surface area contributed by atoms with Crippen molar-refractivity contribution in [1.29, 1.82) is 0 Å². The van der Waals surface area contributed by atoms with Crippen LogP contribution in [0.5, 0.6) is 5.75 Å². The molecule has 86 valence electrons. The number of aliphatic hydroxyl groups excluding tert-OH is 1. The molecule has 0 unspecified atom stereocenters. The smallest absolute Gasteiger partial charge is 0.131 e. The largest absolute Gasteiger partial charge is 0.490 e. The lowest BCUT2D eigenvalue weighted by atomic mass is 10.3. The molecule has 0 bridgehead atoms. The van der Waals surface area contributed by atoms with E-state index in [1.54, 1.807) is 6.07 Å². The Morgan fingerprint density at radius 2 is 2.33 bits per heavy atom. The van der Waals surface area contributed by atoms with E-state index in [9.17, 15) is 5.11 Å². The fraction of sp³-hybridized carbons (Fsp3) is 0.600. The Labute approximate surface area is 99.0 Å². The summed E-state index contributed by atoms with van der Waals surface area (Å²) in [7, 11) is 0. The van der Waals surface area contributed by atoms with Gasteiger partial charge in [-0.05, 0) is 0 Å². The molecule has 0 spiro atoms. The van der Waals surface area contributed by atoms with Crippen molar-refractivity contribution in [3.8, 4) is 5.75 Å². The van der Waals surface area contributed by atoms with Crippen LogP contribution in [0.1, 0.15) is 13.8 Å². The molecule has 1 aromatic rings. The van der Waals surface area contributed by atoms with Crippen LogP contribution >= 0.6 is 22.9 Å². The van der Waals surface area contributed by atoms with Crippen LogP contribution in [0.25, 0.3) is 0 Å². The van der Waals surface area contributed by atoms with Gasteiger partial charge in [0.1, 0.15) is 18.5 Å². The van der Waals surface area contributed by atoms with Crippen molar-refractivity contribution in [2.24, 2.45) is 0 Å². The van der Waals surface area contributed by atoms with Crippen LogP contribution in [0.2, 0.25) is 4.34 Å². The maximum atomic E-state index is 9.55. The second kappa shape index (κ2) is 6.33. The fourth-order valence-electron chi connectivity index (χ4n) is 0.993. The highest BCUT2D eigenvalue weighted by atomic mass is 35.5. The van der Waals surface area contributed by atoms with Gasteiger partial charge < -0.3 is 15.2 Å². The molecule has 0 aromatic carbocycles. The molecule has 0 aliphatic carbocycles. The van der Waals surface area contributed by atoms with E-state index in [2.05, 4.69) is 5.32 Å². The number of hydrogen-bond acceptors (Lipinski definition) is 4. The highest BCUT2D eigenvalue weighted by Gasteiger charge is 2.06. The van der Waals surface area contributed by atoms with E-state index in [4.69, 9.17) is 16.3 Å². The molecule has 5 heteroatoms. The van der Waals surface area contributed by atoms with Gasteiger partial charge in [-0.25, -0.2) is 0 Å². The molecule has 0 saturated carbocycles. The van der Waals surface area contributed by atoms with E-state index in [-0.39, 0.29) is 6.61 Å². The van der Waals surface area contributed by atoms with Gasteiger partial charge in [0, 0.05) is 24.0 Å². The van der Waals surface area contributed by atoms with Crippen molar-refractivity contribution in [2.45, 2.75) is 26.0 Å². The maximum absolute atomic E-state index is 9.55. The molecule has 0 amide bonds. The second-order valence-electron chi connectivity index (χ2n) is 3.61. The van der Waals surface area contributed by atoms with Gasteiger partial charge in [0.15, 0.2) is 0 Å². The summed E-state index contributed by atoms with van der Waals surface area (Å²) in [5.74, 6) is 0.716. The second-order valence-corrected chi connectivity index (χ2v) is 5.16. The Morgan fingerprint density at radius 1 is 1.60 bits per heavy atom. The molecule has 1 rings (SSSR count). The molecule has 0 aliphatic rings. The van der Waals surface area contributed by atoms with Crippen molar-refractivity contribution >= 4 is 22.9 Å². The third-order valence-electron chi connectivity index (χ3n) is 1.75.